The number of hydrogen-bond acceptors (Lipinski definition) is 5. The lowest BCUT2D eigenvalue weighted by atomic mass is 9.84. The lowest BCUT2D eigenvalue weighted by Gasteiger charge is -2.31. The van der Waals surface area contributed by atoms with Gasteiger partial charge in [0.2, 0.25) is 5.91 Å². The number of benzene rings is 1. The summed E-state index contributed by atoms with van der Waals surface area (Å²) in [6.07, 6.45) is 3.18. The lowest BCUT2D eigenvalue weighted by molar-refractivity contribution is -0.124. The third-order valence-corrected chi connectivity index (χ3v) is 6.20. The number of rotatable bonds is 9. The Morgan fingerprint density at radius 1 is 1.23 bits per heavy atom. The summed E-state index contributed by atoms with van der Waals surface area (Å²) >= 11 is 1.59. The van der Waals surface area contributed by atoms with E-state index in [0.717, 1.165) is 60.0 Å². The fourth-order valence-corrected chi connectivity index (χ4v) is 4.27. The van der Waals surface area contributed by atoms with Crippen molar-refractivity contribution < 1.29 is 9.53 Å². The number of nitrogens with zero attached hydrogens (tertiary/aromatic N) is 3. The predicted octanol–water partition coefficient (Wildman–Crippen LogP) is 4.17. The zero-order valence-corrected chi connectivity index (χ0v) is 16.8. The van der Waals surface area contributed by atoms with Gasteiger partial charge in [0, 0.05) is 19.0 Å². The Morgan fingerprint density at radius 2 is 2.00 bits per heavy atom. The van der Waals surface area contributed by atoms with Crippen LogP contribution in [0.5, 0.6) is 5.75 Å². The summed E-state index contributed by atoms with van der Waals surface area (Å²) in [5.74, 6) is 1.21. The molecule has 2 aromatic rings. The number of thiazole rings is 1. The van der Waals surface area contributed by atoms with Gasteiger partial charge >= 0.3 is 0 Å². The van der Waals surface area contributed by atoms with Crippen LogP contribution in [0.1, 0.15) is 40.0 Å². The lowest BCUT2D eigenvalue weighted by Crippen LogP contribution is -2.43. The van der Waals surface area contributed by atoms with Crippen LogP contribution in [0, 0.1) is 5.92 Å². The molecule has 142 valence electrons. The summed E-state index contributed by atoms with van der Waals surface area (Å²) in [5, 5.41) is 0.802. The quantitative estimate of drug-likeness (QED) is 0.660. The van der Waals surface area contributed by atoms with Crippen LogP contribution in [0.4, 0.5) is 5.13 Å². The maximum absolute atomic E-state index is 13.0. The van der Waals surface area contributed by atoms with E-state index < -0.39 is 0 Å². The molecule has 5 nitrogen and oxygen atoms in total. The summed E-state index contributed by atoms with van der Waals surface area (Å²) in [5.41, 5.74) is 0.864. The normalized spacial score (nSPS) is 14.6. The molecule has 0 spiro atoms. The van der Waals surface area contributed by atoms with Crippen molar-refractivity contribution >= 4 is 32.6 Å². The van der Waals surface area contributed by atoms with Crippen LogP contribution in [0.3, 0.4) is 0 Å². The number of carbonyl (C=O) groups excluding carboxylic acids is 1. The summed E-state index contributed by atoms with van der Waals surface area (Å²) in [4.78, 5) is 22.1. The molecule has 0 bridgehead atoms. The Labute approximate surface area is 160 Å². The number of para-hydroxylation sites is 1. The van der Waals surface area contributed by atoms with Crippen molar-refractivity contribution in [2.24, 2.45) is 5.92 Å². The zero-order chi connectivity index (χ0) is 18.5. The van der Waals surface area contributed by atoms with E-state index in [1.54, 1.807) is 11.3 Å². The minimum Gasteiger partial charge on any atom is -0.492 e. The molecular formula is C20H29N3O2S. The van der Waals surface area contributed by atoms with Gasteiger partial charge in [0.15, 0.2) is 5.13 Å². The van der Waals surface area contributed by atoms with E-state index in [1.807, 2.05) is 24.0 Å². The maximum Gasteiger partial charge on any atom is 0.231 e. The van der Waals surface area contributed by atoms with Gasteiger partial charge in [0.05, 0.1) is 11.3 Å². The van der Waals surface area contributed by atoms with Crippen molar-refractivity contribution in [3.63, 3.8) is 0 Å². The van der Waals surface area contributed by atoms with Crippen molar-refractivity contribution in [1.82, 2.24) is 9.88 Å². The van der Waals surface area contributed by atoms with Gasteiger partial charge in [-0.15, -0.1) is 0 Å². The first kappa shape index (κ1) is 19.1. The van der Waals surface area contributed by atoms with Crippen molar-refractivity contribution in [3.05, 3.63) is 18.2 Å². The van der Waals surface area contributed by atoms with Crippen molar-refractivity contribution in [1.29, 1.82) is 0 Å². The summed E-state index contributed by atoms with van der Waals surface area (Å²) < 4.78 is 6.79. The standard InChI is InChI=1S/C20H29N3O2S/c1-4-22(5-2)13-14-23(19(24)15-9-7-10-15)20-21-18-16(25-6-3)11-8-12-17(18)26-20/h8,11-12,15H,4-7,9-10,13-14H2,1-3H3. The van der Waals surface area contributed by atoms with Crippen molar-refractivity contribution in [2.45, 2.75) is 40.0 Å². The molecule has 1 aliphatic rings. The number of amides is 1. The first-order valence-corrected chi connectivity index (χ1v) is 10.6. The predicted molar refractivity (Wildman–Crippen MR) is 108 cm³/mol. The minimum atomic E-state index is 0.171. The first-order chi connectivity index (χ1) is 12.7. The van der Waals surface area contributed by atoms with Gasteiger partial charge < -0.3 is 9.64 Å². The second-order valence-corrected chi connectivity index (χ2v) is 7.69. The van der Waals surface area contributed by atoms with E-state index in [0.29, 0.717) is 13.2 Å². The van der Waals surface area contributed by atoms with E-state index in [9.17, 15) is 4.79 Å². The number of hydrogen-bond donors (Lipinski definition) is 0. The van der Waals surface area contributed by atoms with Gasteiger partial charge in [-0.2, -0.15) is 0 Å². The number of aromatic nitrogens is 1. The third-order valence-electron chi connectivity index (χ3n) is 5.16. The highest BCUT2D eigenvalue weighted by atomic mass is 32.1. The van der Waals surface area contributed by atoms with Crippen LogP contribution in [-0.4, -0.2) is 48.6 Å². The number of fused-ring (bicyclic) bond motifs is 1. The molecule has 0 saturated heterocycles. The second-order valence-electron chi connectivity index (χ2n) is 6.68. The van der Waals surface area contributed by atoms with E-state index in [1.165, 1.54) is 0 Å². The molecule has 0 unspecified atom stereocenters. The van der Waals surface area contributed by atoms with E-state index in [-0.39, 0.29) is 11.8 Å². The smallest absolute Gasteiger partial charge is 0.231 e. The average molecular weight is 376 g/mol. The fourth-order valence-electron chi connectivity index (χ4n) is 3.26. The molecule has 6 heteroatoms. The molecule has 1 fully saturated rings. The monoisotopic (exact) mass is 375 g/mol. The van der Waals surface area contributed by atoms with Crippen LogP contribution >= 0.6 is 11.3 Å². The zero-order valence-electron chi connectivity index (χ0n) is 16.0. The molecule has 0 atom stereocenters. The first-order valence-electron chi connectivity index (χ1n) is 9.74. The van der Waals surface area contributed by atoms with Crippen LogP contribution in [-0.2, 0) is 4.79 Å². The van der Waals surface area contributed by atoms with Crippen LogP contribution in [0.15, 0.2) is 18.2 Å². The highest BCUT2D eigenvalue weighted by molar-refractivity contribution is 7.22. The van der Waals surface area contributed by atoms with Gasteiger partial charge in [-0.3, -0.25) is 9.69 Å². The number of likely N-dealkylation sites (N-methyl/N-ethyl adjacent to an activating group) is 1. The maximum atomic E-state index is 13.0. The fraction of sp³-hybridized carbons (Fsp3) is 0.600. The third kappa shape index (κ3) is 4.01. The molecule has 1 saturated carbocycles. The highest BCUT2D eigenvalue weighted by Gasteiger charge is 2.31. The largest absolute Gasteiger partial charge is 0.492 e. The molecule has 26 heavy (non-hydrogen) atoms. The molecule has 1 aromatic heterocycles. The summed E-state index contributed by atoms with van der Waals surface area (Å²) in [6.45, 7) is 10.5. The highest BCUT2D eigenvalue weighted by Crippen LogP contribution is 2.36. The molecule has 0 radical (unpaired) electrons. The van der Waals surface area contributed by atoms with Gasteiger partial charge in [-0.1, -0.05) is 37.7 Å². The molecule has 1 aromatic carbocycles. The Balaban J connectivity index is 1.88. The molecular weight excluding hydrogens is 346 g/mol. The van der Waals surface area contributed by atoms with Crippen LogP contribution in [0.2, 0.25) is 0 Å². The Hall–Kier alpha value is -1.66. The minimum absolute atomic E-state index is 0.171. The van der Waals surface area contributed by atoms with Crippen LogP contribution in [0.25, 0.3) is 10.2 Å². The Bertz CT molecular complexity index is 738. The van der Waals surface area contributed by atoms with Gasteiger partial charge in [-0.05, 0) is 45.0 Å². The average Bonchev–Trinajstić information content (AvgIpc) is 3.02. The summed E-state index contributed by atoms with van der Waals surface area (Å²) in [6, 6.07) is 5.99. The van der Waals surface area contributed by atoms with E-state index in [4.69, 9.17) is 9.72 Å². The Morgan fingerprint density at radius 3 is 2.62 bits per heavy atom. The molecule has 0 N–H and O–H groups in total. The topological polar surface area (TPSA) is 45.7 Å². The SMILES string of the molecule is CCOc1cccc2sc(N(CCN(CC)CC)C(=O)C3CCC3)nc12. The van der Waals surface area contributed by atoms with E-state index >= 15 is 0 Å². The molecule has 1 amide bonds. The van der Waals surface area contributed by atoms with Crippen molar-refractivity contribution in [3.8, 4) is 5.75 Å². The van der Waals surface area contributed by atoms with Gasteiger partial charge in [-0.25, -0.2) is 4.98 Å². The second kappa shape index (κ2) is 8.82. The van der Waals surface area contributed by atoms with Gasteiger partial charge in [0.25, 0.3) is 0 Å². The molecule has 0 aliphatic heterocycles. The number of anilines is 1. The van der Waals surface area contributed by atoms with Crippen LogP contribution < -0.4 is 9.64 Å². The number of carbonyl (C=O) groups is 1. The Kier molecular flexibility index (Phi) is 6.48. The molecule has 3 rings (SSSR count). The number of ether oxygens (including phenoxy) is 1. The van der Waals surface area contributed by atoms with E-state index in [2.05, 4.69) is 24.8 Å². The van der Waals surface area contributed by atoms with Crippen molar-refractivity contribution in [2.75, 3.05) is 37.7 Å². The molecule has 1 heterocycles. The van der Waals surface area contributed by atoms with Gasteiger partial charge in [0.1, 0.15) is 11.3 Å². The summed E-state index contributed by atoms with van der Waals surface area (Å²) in [7, 11) is 0. The molecule has 1 aliphatic carbocycles.